The monoisotopic (exact) mass is 441 g/mol. The predicted molar refractivity (Wildman–Crippen MR) is 118 cm³/mol. The number of hydrogen-bond donors (Lipinski definition) is 2. The molecule has 1 aromatic carbocycles. The van der Waals surface area contributed by atoms with Gasteiger partial charge >= 0.3 is 0 Å². The second-order valence-electron chi connectivity index (χ2n) is 8.03. The summed E-state index contributed by atoms with van der Waals surface area (Å²) in [6.45, 7) is 5.25. The molecule has 0 saturated carbocycles. The van der Waals surface area contributed by atoms with E-state index >= 15 is 0 Å². The molecular weight excluding hydrogens is 417 g/mol. The van der Waals surface area contributed by atoms with Gasteiger partial charge in [0.25, 0.3) is 0 Å². The van der Waals surface area contributed by atoms with E-state index in [1.807, 2.05) is 13.0 Å². The van der Waals surface area contributed by atoms with Gasteiger partial charge in [0.2, 0.25) is 0 Å². The zero-order valence-corrected chi connectivity index (χ0v) is 18.0. The molecule has 0 amide bonds. The van der Waals surface area contributed by atoms with Crippen LogP contribution in [0.5, 0.6) is 5.75 Å². The quantitative estimate of drug-likeness (QED) is 0.628. The van der Waals surface area contributed by atoms with E-state index in [9.17, 15) is 9.50 Å². The lowest BCUT2D eigenvalue weighted by atomic mass is 10.1. The van der Waals surface area contributed by atoms with Crippen LogP contribution in [0.25, 0.3) is 21.7 Å². The molecule has 2 atom stereocenters. The number of phenols is 1. The average Bonchev–Trinajstić information content (AvgIpc) is 3.53. The third-order valence-electron chi connectivity index (χ3n) is 5.81. The fourth-order valence-electron chi connectivity index (χ4n) is 4.18. The van der Waals surface area contributed by atoms with Crippen molar-refractivity contribution in [2.75, 3.05) is 31.2 Å². The van der Waals surface area contributed by atoms with E-state index in [4.69, 9.17) is 4.74 Å². The third kappa shape index (κ3) is 4.26. The van der Waals surface area contributed by atoms with Crippen molar-refractivity contribution in [2.45, 2.75) is 31.8 Å². The molecule has 2 aliphatic rings. The van der Waals surface area contributed by atoms with Gasteiger partial charge in [0.1, 0.15) is 11.6 Å². The Morgan fingerprint density at radius 3 is 2.81 bits per heavy atom. The Hall–Kier alpha value is -2.62. The van der Waals surface area contributed by atoms with Crippen molar-refractivity contribution in [3.8, 4) is 27.4 Å². The Morgan fingerprint density at radius 1 is 1.19 bits per heavy atom. The second-order valence-corrected chi connectivity index (χ2v) is 9.26. The predicted octanol–water partition coefficient (Wildman–Crippen LogP) is 3.38. The summed E-state index contributed by atoms with van der Waals surface area (Å²) in [5, 5.41) is 23.6. The number of aromatic nitrogens is 3. The molecule has 0 unspecified atom stereocenters. The van der Waals surface area contributed by atoms with Gasteiger partial charge in [-0.2, -0.15) is 0 Å². The van der Waals surface area contributed by atoms with E-state index in [1.54, 1.807) is 12.3 Å². The summed E-state index contributed by atoms with van der Waals surface area (Å²) in [5.41, 5.74) is 1.09. The molecular formula is C22H24FN5O2S. The van der Waals surface area contributed by atoms with Gasteiger partial charge in [0.15, 0.2) is 5.82 Å². The number of thiazole rings is 1. The SMILES string of the molecule is Cc1ncc(-c2cc(O)c(-c3ccc(N4CC[C@@H](N[C@@H]5CCOC5)C4)nn3)cc2F)s1. The van der Waals surface area contributed by atoms with Crippen LogP contribution in [0, 0.1) is 12.7 Å². The molecule has 0 radical (unpaired) electrons. The zero-order chi connectivity index (χ0) is 21.4. The number of anilines is 1. The smallest absolute Gasteiger partial charge is 0.151 e. The number of halogens is 1. The normalized spacial score (nSPS) is 21.2. The largest absolute Gasteiger partial charge is 0.507 e. The maximum Gasteiger partial charge on any atom is 0.151 e. The maximum absolute atomic E-state index is 14.7. The topological polar surface area (TPSA) is 83.4 Å². The molecule has 0 spiro atoms. The molecule has 162 valence electrons. The van der Waals surface area contributed by atoms with Crippen LogP contribution < -0.4 is 10.2 Å². The van der Waals surface area contributed by atoms with Crippen molar-refractivity contribution >= 4 is 17.2 Å². The Balaban J connectivity index is 1.30. The summed E-state index contributed by atoms with van der Waals surface area (Å²) in [4.78, 5) is 7.03. The molecule has 9 heteroatoms. The minimum Gasteiger partial charge on any atom is -0.507 e. The highest BCUT2D eigenvalue weighted by Crippen LogP contribution is 2.36. The van der Waals surface area contributed by atoms with Crippen LogP contribution in [0.1, 0.15) is 17.8 Å². The number of phenolic OH excluding ortho intramolecular Hbond substituents is 1. The first kappa shape index (κ1) is 20.3. The van der Waals surface area contributed by atoms with Crippen LogP contribution in [0.3, 0.4) is 0 Å². The van der Waals surface area contributed by atoms with Crippen LogP contribution in [0.2, 0.25) is 0 Å². The number of aromatic hydroxyl groups is 1. The minimum absolute atomic E-state index is 0.0336. The molecule has 2 aromatic heterocycles. The van der Waals surface area contributed by atoms with Crippen LogP contribution in [0.15, 0.2) is 30.5 Å². The summed E-state index contributed by atoms with van der Waals surface area (Å²) in [6.07, 6.45) is 3.72. The molecule has 2 aliphatic heterocycles. The van der Waals surface area contributed by atoms with E-state index in [2.05, 4.69) is 25.4 Å². The lowest BCUT2D eigenvalue weighted by Gasteiger charge is -2.19. The van der Waals surface area contributed by atoms with Gasteiger partial charge in [-0.1, -0.05) is 0 Å². The fourth-order valence-corrected chi connectivity index (χ4v) is 4.98. The number of hydrogen-bond acceptors (Lipinski definition) is 8. The minimum atomic E-state index is -0.424. The number of ether oxygens (including phenoxy) is 1. The summed E-state index contributed by atoms with van der Waals surface area (Å²) in [5.74, 6) is 0.327. The lowest BCUT2D eigenvalue weighted by Crippen LogP contribution is -2.40. The highest BCUT2D eigenvalue weighted by atomic mass is 32.1. The molecule has 5 rings (SSSR count). The highest BCUT2D eigenvalue weighted by molar-refractivity contribution is 7.15. The van der Waals surface area contributed by atoms with Crippen molar-refractivity contribution in [1.29, 1.82) is 0 Å². The second kappa shape index (κ2) is 8.49. The Morgan fingerprint density at radius 2 is 2.10 bits per heavy atom. The fraction of sp³-hybridized carbons (Fsp3) is 0.409. The summed E-state index contributed by atoms with van der Waals surface area (Å²) in [6, 6.07) is 7.24. The van der Waals surface area contributed by atoms with E-state index in [1.165, 1.54) is 23.5 Å². The van der Waals surface area contributed by atoms with E-state index < -0.39 is 5.82 Å². The highest BCUT2D eigenvalue weighted by Gasteiger charge is 2.27. The number of aryl methyl sites for hydroxylation is 1. The van der Waals surface area contributed by atoms with Crippen LogP contribution in [-0.4, -0.2) is 58.7 Å². The van der Waals surface area contributed by atoms with Gasteiger partial charge in [0.05, 0.1) is 22.2 Å². The van der Waals surface area contributed by atoms with Gasteiger partial charge in [-0.15, -0.1) is 21.5 Å². The van der Waals surface area contributed by atoms with Gasteiger partial charge in [0, 0.05) is 49.1 Å². The number of nitrogens with one attached hydrogen (secondary N) is 1. The van der Waals surface area contributed by atoms with Crippen LogP contribution in [-0.2, 0) is 4.74 Å². The van der Waals surface area contributed by atoms with Gasteiger partial charge in [-0.25, -0.2) is 9.37 Å². The number of benzene rings is 1. The van der Waals surface area contributed by atoms with Crippen molar-refractivity contribution in [2.24, 2.45) is 0 Å². The van der Waals surface area contributed by atoms with Gasteiger partial charge in [-0.05, 0) is 44.0 Å². The number of rotatable bonds is 5. The van der Waals surface area contributed by atoms with Gasteiger partial charge < -0.3 is 20.1 Å². The Kier molecular flexibility index (Phi) is 5.56. The summed E-state index contributed by atoms with van der Waals surface area (Å²) < 4.78 is 20.2. The zero-order valence-electron chi connectivity index (χ0n) is 17.2. The van der Waals surface area contributed by atoms with Crippen molar-refractivity contribution in [1.82, 2.24) is 20.5 Å². The third-order valence-corrected chi connectivity index (χ3v) is 6.76. The van der Waals surface area contributed by atoms with Crippen molar-refractivity contribution < 1.29 is 14.2 Å². The molecule has 4 heterocycles. The maximum atomic E-state index is 14.7. The average molecular weight is 442 g/mol. The Bertz CT molecular complexity index is 1070. The lowest BCUT2D eigenvalue weighted by molar-refractivity contribution is 0.188. The molecule has 2 fully saturated rings. The molecule has 2 saturated heterocycles. The molecule has 2 N–H and O–H groups in total. The Labute approximate surface area is 183 Å². The standard InChI is InChI=1S/C22H24FN5O2S/c1-13-24-10-21(31-13)16-9-20(29)17(8-18(16)23)19-2-3-22(27-26-19)28-6-4-14(11-28)25-15-5-7-30-12-15/h2-3,8-10,14-15,25,29H,4-7,11-12H2,1H3/t14-,15-/m1/s1. The first-order valence-corrected chi connectivity index (χ1v) is 11.3. The van der Waals surface area contributed by atoms with Crippen molar-refractivity contribution in [3.05, 3.63) is 41.3 Å². The van der Waals surface area contributed by atoms with E-state index in [-0.39, 0.29) is 5.75 Å². The summed E-state index contributed by atoms with van der Waals surface area (Å²) >= 11 is 1.38. The molecule has 0 aliphatic carbocycles. The molecule has 3 aromatic rings. The summed E-state index contributed by atoms with van der Waals surface area (Å²) in [7, 11) is 0. The molecule has 31 heavy (non-hydrogen) atoms. The van der Waals surface area contributed by atoms with Gasteiger partial charge in [-0.3, -0.25) is 0 Å². The van der Waals surface area contributed by atoms with Crippen LogP contribution in [0.4, 0.5) is 10.2 Å². The molecule has 0 bridgehead atoms. The van der Waals surface area contributed by atoms with Crippen molar-refractivity contribution in [3.63, 3.8) is 0 Å². The first-order chi connectivity index (χ1) is 15.1. The molecule has 7 nitrogen and oxygen atoms in total. The van der Waals surface area contributed by atoms with E-state index in [0.29, 0.717) is 33.8 Å². The first-order valence-electron chi connectivity index (χ1n) is 10.4. The van der Waals surface area contributed by atoms with E-state index in [0.717, 1.165) is 50.0 Å². The van der Waals surface area contributed by atoms with Crippen LogP contribution >= 0.6 is 11.3 Å². The number of nitrogens with zero attached hydrogens (tertiary/aromatic N) is 4.